The molecule has 3 aromatic carbocycles. The second-order valence-corrected chi connectivity index (χ2v) is 10.4. The Bertz CT molecular complexity index is 1050. The smallest absolute Gasteiger partial charge is 0.155 e. The number of carbonyl (C=O) groups is 1. The predicted molar refractivity (Wildman–Crippen MR) is 131 cm³/mol. The standard InChI is InChI=1S/C28H35NO2/c1-27(2,3)26(30)25(29-28(4,5)6)17-19-8-9-23-18-22(11-10-21(23)16-19)20-12-14-24(31-7)15-13-20/h8-16,18,25,29H,17H2,1-7H3. The molecule has 0 aliphatic heterocycles. The number of ether oxygens (including phenoxy) is 1. The van der Waals surface area contributed by atoms with Gasteiger partial charge in [0.2, 0.25) is 0 Å². The van der Waals surface area contributed by atoms with Crippen molar-refractivity contribution >= 4 is 16.6 Å². The molecule has 3 rings (SSSR count). The summed E-state index contributed by atoms with van der Waals surface area (Å²) >= 11 is 0. The third kappa shape index (κ3) is 5.95. The molecule has 0 saturated heterocycles. The third-order valence-electron chi connectivity index (χ3n) is 5.43. The molecule has 31 heavy (non-hydrogen) atoms. The molecule has 3 aromatic rings. The fraction of sp³-hybridized carbons (Fsp3) is 0.393. The molecule has 1 atom stereocenters. The Morgan fingerprint density at radius 1 is 0.839 bits per heavy atom. The Morgan fingerprint density at radius 3 is 2.00 bits per heavy atom. The molecule has 0 spiro atoms. The van der Waals surface area contributed by atoms with E-state index >= 15 is 0 Å². The van der Waals surface area contributed by atoms with E-state index in [-0.39, 0.29) is 22.8 Å². The van der Waals surface area contributed by atoms with Crippen LogP contribution < -0.4 is 10.1 Å². The molecule has 3 nitrogen and oxygen atoms in total. The molecule has 0 amide bonds. The summed E-state index contributed by atoms with van der Waals surface area (Å²) in [5.41, 5.74) is 3.00. The molecule has 1 unspecified atom stereocenters. The van der Waals surface area contributed by atoms with Gasteiger partial charge in [0.25, 0.3) is 0 Å². The first kappa shape index (κ1) is 23.0. The van der Waals surface area contributed by atoms with Crippen LogP contribution in [-0.2, 0) is 11.2 Å². The maximum atomic E-state index is 13.1. The number of nitrogens with one attached hydrogen (secondary N) is 1. The Kier molecular flexibility index (Phi) is 6.56. The minimum atomic E-state index is -0.382. The van der Waals surface area contributed by atoms with E-state index in [1.807, 2.05) is 32.9 Å². The minimum absolute atomic E-state index is 0.129. The van der Waals surface area contributed by atoms with Gasteiger partial charge in [-0.2, -0.15) is 0 Å². The van der Waals surface area contributed by atoms with E-state index in [2.05, 4.69) is 74.6 Å². The maximum Gasteiger partial charge on any atom is 0.155 e. The number of benzene rings is 3. The van der Waals surface area contributed by atoms with Crippen LogP contribution >= 0.6 is 0 Å². The van der Waals surface area contributed by atoms with Crippen LogP contribution in [0, 0.1) is 5.41 Å². The number of rotatable bonds is 6. The molecular weight excluding hydrogens is 382 g/mol. The van der Waals surface area contributed by atoms with Gasteiger partial charge in [0.1, 0.15) is 5.75 Å². The van der Waals surface area contributed by atoms with Gasteiger partial charge in [-0.1, -0.05) is 63.2 Å². The number of methoxy groups -OCH3 is 1. The summed E-state index contributed by atoms with van der Waals surface area (Å²) in [6.07, 6.45) is 0.684. The molecule has 0 aliphatic carbocycles. The molecule has 0 aromatic heterocycles. The fourth-order valence-corrected chi connectivity index (χ4v) is 3.88. The quantitative estimate of drug-likeness (QED) is 0.502. The molecule has 0 aliphatic rings. The highest BCUT2D eigenvalue weighted by Crippen LogP contribution is 2.28. The Hall–Kier alpha value is -2.65. The summed E-state index contributed by atoms with van der Waals surface area (Å²) in [5, 5.41) is 5.92. The average molecular weight is 418 g/mol. The second kappa shape index (κ2) is 8.84. The van der Waals surface area contributed by atoms with Crippen LogP contribution in [0.5, 0.6) is 5.75 Å². The Balaban J connectivity index is 1.87. The van der Waals surface area contributed by atoms with Gasteiger partial charge in [0.05, 0.1) is 13.2 Å². The predicted octanol–water partition coefficient (Wildman–Crippen LogP) is 6.43. The molecule has 3 heteroatoms. The zero-order valence-corrected chi connectivity index (χ0v) is 19.9. The van der Waals surface area contributed by atoms with Gasteiger partial charge in [-0.15, -0.1) is 0 Å². The molecule has 0 heterocycles. The van der Waals surface area contributed by atoms with Crippen LogP contribution in [-0.4, -0.2) is 24.5 Å². The van der Waals surface area contributed by atoms with E-state index in [1.54, 1.807) is 7.11 Å². The van der Waals surface area contributed by atoms with Gasteiger partial charge in [-0.05, 0) is 72.9 Å². The van der Waals surface area contributed by atoms with E-state index in [0.29, 0.717) is 6.42 Å². The lowest BCUT2D eigenvalue weighted by Gasteiger charge is -2.32. The molecule has 0 bridgehead atoms. The van der Waals surface area contributed by atoms with Crippen molar-refractivity contribution < 1.29 is 9.53 Å². The first-order valence-electron chi connectivity index (χ1n) is 11.0. The number of ketones is 1. The van der Waals surface area contributed by atoms with Gasteiger partial charge in [0.15, 0.2) is 5.78 Å². The van der Waals surface area contributed by atoms with Crippen LogP contribution in [0.3, 0.4) is 0 Å². The zero-order valence-electron chi connectivity index (χ0n) is 19.9. The SMILES string of the molecule is COc1ccc(-c2ccc3cc(CC(NC(C)(C)C)C(=O)C(C)(C)C)ccc3c2)cc1. The zero-order chi connectivity index (χ0) is 22.8. The molecule has 0 radical (unpaired) electrons. The van der Waals surface area contributed by atoms with Crippen molar-refractivity contribution in [3.63, 3.8) is 0 Å². The van der Waals surface area contributed by atoms with Gasteiger partial charge >= 0.3 is 0 Å². The summed E-state index contributed by atoms with van der Waals surface area (Å²) in [4.78, 5) is 13.1. The van der Waals surface area contributed by atoms with E-state index in [1.165, 1.54) is 21.9 Å². The number of Topliss-reactive ketones (excluding diaryl/α,β-unsaturated/α-hetero) is 1. The van der Waals surface area contributed by atoms with Gasteiger partial charge in [0, 0.05) is 11.0 Å². The third-order valence-corrected chi connectivity index (χ3v) is 5.43. The Morgan fingerprint density at radius 2 is 1.42 bits per heavy atom. The minimum Gasteiger partial charge on any atom is -0.497 e. The van der Waals surface area contributed by atoms with E-state index in [0.717, 1.165) is 11.3 Å². The molecular formula is C28H35NO2. The number of carbonyl (C=O) groups excluding carboxylic acids is 1. The highest BCUT2D eigenvalue weighted by molar-refractivity contribution is 5.90. The van der Waals surface area contributed by atoms with Crippen molar-refractivity contribution in [3.05, 3.63) is 66.2 Å². The fourth-order valence-electron chi connectivity index (χ4n) is 3.88. The summed E-state index contributed by atoms with van der Waals surface area (Å²) in [6.45, 7) is 12.3. The average Bonchev–Trinajstić information content (AvgIpc) is 2.70. The van der Waals surface area contributed by atoms with Crippen LogP contribution in [0.25, 0.3) is 21.9 Å². The van der Waals surface area contributed by atoms with E-state index in [4.69, 9.17) is 4.74 Å². The first-order chi connectivity index (χ1) is 14.5. The second-order valence-electron chi connectivity index (χ2n) is 10.4. The first-order valence-corrected chi connectivity index (χ1v) is 11.0. The normalized spacial score (nSPS) is 13.3. The van der Waals surface area contributed by atoms with Gasteiger partial charge in [-0.25, -0.2) is 0 Å². The van der Waals surface area contributed by atoms with Crippen molar-refractivity contribution in [2.45, 2.75) is 59.5 Å². The lowest BCUT2D eigenvalue weighted by atomic mass is 9.83. The summed E-state index contributed by atoms with van der Waals surface area (Å²) in [6, 6.07) is 21.0. The van der Waals surface area contributed by atoms with Crippen molar-refractivity contribution in [2.24, 2.45) is 5.41 Å². The molecule has 164 valence electrons. The van der Waals surface area contributed by atoms with Crippen LogP contribution in [0.4, 0.5) is 0 Å². The van der Waals surface area contributed by atoms with Crippen LogP contribution in [0.15, 0.2) is 60.7 Å². The molecule has 0 fully saturated rings. The largest absolute Gasteiger partial charge is 0.497 e. The Labute approximate surface area is 186 Å². The maximum absolute atomic E-state index is 13.1. The van der Waals surface area contributed by atoms with Crippen molar-refractivity contribution in [2.75, 3.05) is 7.11 Å². The summed E-state index contributed by atoms with van der Waals surface area (Å²) in [7, 11) is 1.68. The monoisotopic (exact) mass is 417 g/mol. The summed E-state index contributed by atoms with van der Waals surface area (Å²) < 4.78 is 5.26. The highest BCUT2D eigenvalue weighted by atomic mass is 16.5. The lowest BCUT2D eigenvalue weighted by Crippen LogP contribution is -2.51. The highest BCUT2D eigenvalue weighted by Gasteiger charge is 2.32. The van der Waals surface area contributed by atoms with E-state index < -0.39 is 0 Å². The number of hydrogen-bond donors (Lipinski definition) is 1. The topological polar surface area (TPSA) is 38.3 Å². The summed E-state index contributed by atoms with van der Waals surface area (Å²) in [5.74, 6) is 1.11. The van der Waals surface area contributed by atoms with Crippen molar-refractivity contribution in [3.8, 4) is 16.9 Å². The number of fused-ring (bicyclic) bond motifs is 1. The van der Waals surface area contributed by atoms with Crippen LogP contribution in [0.2, 0.25) is 0 Å². The van der Waals surface area contributed by atoms with E-state index in [9.17, 15) is 4.79 Å². The molecule has 0 saturated carbocycles. The van der Waals surface area contributed by atoms with Crippen molar-refractivity contribution in [1.29, 1.82) is 0 Å². The molecule has 1 N–H and O–H groups in total. The lowest BCUT2D eigenvalue weighted by molar-refractivity contribution is -0.128. The van der Waals surface area contributed by atoms with Crippen molar-refractivity contribution in [1.82, 2.24) is 5.32 Å². The van der Waals surface area contributed by atoms with Gasteiger partial charge in [-0.3, -0.25) is 4.79 Å². The van der Waals surface area contributed by atoms with Crippen LogP contribution in [0.1, 0.15) is 47.1 Å². The van der Waals surface area contributed by atoms with Gasteiger partial charge < -0.3 is 10.1 Å². The number of hydrogen-bond acceptors (Lipinski definition) is 3.